The van der Waals surface area contributed by atoms with Crippen LogP contribution in [0, 0.1) is 0 Å². The zero-order chi connectivity index (χ0) is 18.6. The molecule has 132 valence electrons. The molecule has 3 nitrogen and oxygen atoms in total. The van der Waals surface area contributed by atoms with E-state index in [4.69, 9.17) is 0 Å². The molecule has 0 saturated carbocycles. The number of aromatic nitrogens is 2. The summed E-state index contributed by atoms with van der Waals surface area (Å²) in [4.78, 5) is 17.6. The zero-order valence-electron chi connectivity index (χ0n) is 14.7. The molecular formula is C23H18N2OS. The number of nitrogens with zero attached hydrogens (tertiary/aromatic N) is 2. The van der Waals surface area contributed by atoms with E-state index < -0.39 is 0 Å². The molecule has 0 fully saturated rings. The van der Waals surface area contributed by atoms with Crippen molar-refractivity contribution < 1.29 is 4.79 Å². The van der Waals surface area contributed by atoms with Gasteiger partial charge in [0.05, 0.1) is 11.0 Å². The van der Waals surface area contributed by atoms with Crippen LogP contribution in [0.15, 0.2) is 90.6 Å². The van der Waals surface area contributed by atoms with Gasteiger partial charge in [0.2, 0.25) is 0 Å². The highest BCUT2D eigenvalue weighted by Crippen LogP contribution is 2.25. The number of benzene rings is 3. The van der Waals surface area contributed by atoms with Crippen molar-refractivity contribution >= 4 is 45.6 Å². The van der Waals surface area contributed by atoms with Gasteiger partial charge >= 0.3 is 0 Å². The van der Waals surface area contributed by atoms with Crippen LogP contribution in [0.25, 0.3) is 27.9 Å². The van der Waals surface area contributed by atoms with Gasteiger partial charge in [0, 0.05) is 11.8 Å². The predicted molar refractivity (Wildman–Crippen MR) is 114 cm³/mol. The topological polar surface area (TPSA) is 34.9 Å². The highest BCUT2D eigenvalue weighted by Gasteiger charge is 2.14. The average Bonchev–Trinajstić information content (AvgIpc) is 3.08. The Kier molecular flexibility index (Phi) is 4.90. The lowest BCUT2D eigenvalue weighted by atomic mass is 10.0. The van der Waals surface area contributed by atoms with Crippen LogP contribution in [0.4, 0.5) is 0 Å². The lowest BCUT2D eigenvalue weighted by molar-refractivity contribution is 0.0965. The van der Waals surface area contributed by atoms with Crippen molar-refractivity contribution in [3.8, 4) is 0 Å². The maximum absolute atomic E-state index is 13.0. The van der Waals surface area contributed by atoms with Gasteiger partial charge in [-0.25, -0.2) is 4.98 Å². The number of hydrogen-bond donors (Lipinski definition) is 0. The lowest BCUT2D eigenvalue weighted by Gasteiger charge is -2.05. The van der Waals surface area contributed by atoms with Crippen LogP contribution >= 0.6 is 11.8 Å². The first-order valence-electron chi connectivity index (χ1n) is 8.69. The largest absolute Gasteiger partial charge is 0.269 e. The molecular weight excluding hydrogens is 352 g/mol. The summed E-state index contributed by atoms with van der Waals surface area (Å²) in [6.45, 7) is 3.75. The molecule has 0 radical (unpaired) electrons. The van der Waals surface area contributed by atoms with Gasteiger partial charge in [0.1, 0.15) is 0 Å². The second-order valence-corrected chi connectivity index (χ2v) is 7.05. The van der Waals surface area contributed by atoms with E-state index in [1.54, 1.807) is 10.6 Å². The quantitative estimate of drug-likeness (QED) is 0.252. The second-order valence-electron chi connectivity index (χ2n) is 6.06. The number of hydrogen-bond acceptors (Lipinski definition) is 3. The Balaban J connectivity index is 1.74. The molecule has 0 aliphatic heterocycles. The average molecular weight is 370 g/mol. The van der Waals surface area contributed by atoms with E-state index in [1.807, 2.05) is 60.7 Å². The van der Waals surface area contributed by atoms with Gasteiger partial charge in [-0.05, 0) is 34.5 Å². The summed E-state index contributed by atoms with van der Waals surface area (Å²) >= 11 is 1.50. The third-order valence-corrected chi connectivity index (χ3v) is 5.24. The molecule has 4 heteroatoms. The van der Waals surface area contributed by atoms with Crippen molar-refractivity contribution in [2.75, 3.05) is 5.75 Å². The van der Waals surface area contributed by atoms with Gasteiger partial charge in [-0.2, -0.15) is 0 Å². The van der Waals surface area contributed by atoms with Crippen molar-refractivity contribution in [2.45, 2.75) is 5.16 Å². The van der Waals surface area contributed by atoms with Crippen LogP contribution in [0.3, 0.4) is 0 Å². The first kappa shape index (κ1) is 17.3. The first-order chi connectivity index (χ1) is 13.3. The molecule has 1 aromatic heterocycles. The SMILES string of the molecule is C=CCSc1nc2ccccc2n1C(=O)/C=C/c1cccc2ccccc12. The van der Waals surface area contributed by atoms with E-state index >= 15 is 0 Å². The third kappa shape index (κ3) is 3.44. The van der Waals surface area contributed by atoms with Crippen molar-refractivity contribution in [2.24, 2.45) is 0 Å². The fourth-order valence-electron chi connectivity index (χ4n) is 3.08. The summed E-state index contributed by atoms with van der Waals surface area (Å²) in [6, 6.07) is 21.9. The number of fused-ring (bicyclic) bond motifs is 2. The highest BCUT2D eigenvalue weighted by atomic mass is 32.2. The summed E-state index contributed by atoms with van der Waals surface area (Å²) in [5.74, 6) is 0.590. The van der Waals surface area contributed by atoms with Crippen molar-refractivity contribution in [3.05, 3.63) is 91.0 Å². The number of para-hydroxylation sites is 2. The second kappa shape index (κ2) is 7.64. The number of thioether (sulfide) groups is 1. The van der Waals surface area contributed by atoms with Crippen LogP contribution in [-0.4, -0.2) is 21.2 Å². The third-order valence-electron chi connectivity index (χ3n) is 4.31. The number of rotatable bonds is 5. The van der Waals surface area contributed by atoms with E-state index in [0.29, 0.717) is 10.9 Å². The normalized spacial score (nSPS) is 11.4. The highest BCUT2D eigenvalue weighted by molar-refractivity contribution is 7.99. The fraction of sp³-hybridized carbons (Fsp3) is 0.0435. The van der Waals surface area contributed by atoms with E-state index in [2.05, 4.69) is 29.8 Å². The van der Waals surface area contributed by atoms with Crippen LogP contribution in [0.1, 0.15) is 10.4 Å². The minimum absolute atomic E-state index is 0.108. The van der Waals surface area contributed by atoms with Gasteiger partial charge < -0.3 is 0 Å². The molecule has 0 atom stereocenters. The molecule has 3 aromatic carbocycles. The molecule has 0 saturated heterocycles. The summed E-state index contributed by atoms with van der Waals surface area (Å²) in [7, 11) is 0. The Morgan fingerprint density at radius 3 is 2.70 bits per heavy atom. The van der Waals surface area contributed by atoms with Crippen LogP contribution in [0.5, 0.6) is 0 Å². The summed E-state index contributed by atoms with van der Waals surface area (Å²) in [5, 5.41) is 2.96. The summed E-state index contributed by atoms with van der Waals surface area (Å²) < 4.78 is 1.67. The first-order valence-corrected chi connectivity index (χ1v) is 9.68. The van der Waals surface area contributed by atoms with Crippen molar-refractivity contribution in [1.29, 1.82) is 0 Å². The summed E-state index contributed by atoms with van der Waals surface area (Å²) in [5.41, 5.74) is 2.65. The number of allylic oxidation sites excluding steroid dienone is 1. The maximum Gasteiger partial charge on any atom is 0.257 e. The molecule has 0 bridgehead atoms. The number of carbonyl (C=O) groups excluding carboxylic acids is 1. The minimum Gasteiger partial charge on any atom is -0.269 e. The molecule has 0 spiro atoms. The van der Waals surface area contributed by atoms with Gasteiger partial charge in [-0.3, -0.25) is 9.36 Å². The van der Waals surface area contributed by atoms with Crippen LogP contribution < -0.4 is 0 Å². The molecule has 4 aromatic rings. The van der Waals surface area contributed by atoms with Crippen molar-refractivity contribution in [3.63, 3.8) is 0 Å². The van der Waals surface area contributed by atoms with Gasteiger partial charge in [0.15, 0.2) is 5.16 Å². The molecule has 4 rings (SSSR count). The molecule has 0 aliphatic carbocycles. The van der Waals surface area contributed by atoms with Crippen LogP contribution in [0.2, 0.25) is 0 Å². The monoisotopic (exact) mass is 370 g/mol. The molecule has 0 unspecified atom stereocenters. The lowest BCUT2D eigenvalue weighted by Crippen LogP contribution is -2.08. The van der Waals surface area contributed by atoms with Crippen LogP contribution in [-0.2, 0) is 0 Å². The van der Waals surface area contributed by atoms with Gasteiger partial charge in [0.25, 0.3) is 5.91 Å². The summed E-state index contributed by atoms with van der Waals surface area (Å²) in [6.07, 6.45) is 5.31. The Bertz CT molecular complexity index is 1170. The molecule has 0 N–H and O–H groups in total. The Morgan fingerprint density at radius 2 is 1.81 bits per heavy atom. The smallest absolute Gasteiger partial charge is 0.257 e. The Hall–Kier alpha value is -3.11. The van der Waals surface area contributed by atoms with Gasteiger partial charge in [-0.15, -0.1) is 6.58 Å². The minimum atomic E-state index is -0.108. The number of imidazole rings is 1. The molecule has 1 heterocycles. The zero-order valence-corrected chi connectivity index (χ0v) is 15.5. The maximum atomic E-state index is 13.0. The fourth-order valence-corrected chi connectivity index (χ4v) is 3.83. The Labute approximate surface area is 162 Å². The van der Waals surface area contributed by atoms with E-state index in [0.717, 1.165) is 27.4 Å². The predicted octanol–water partition coefficient (Wildman–Crippen LogP) is 5.82. The number of carbonyl (C=O) groups is 1. The van der Waals surface area contributed by atoms with E-state index in [-0.39, 0.29) is 5.91 Å². The standard InChI is InChI=1S/C23H18N2OS/c1-2-16-27-23-24-20-12-5-6-13-21(20)25(23)22(26)15-14-18-10-7-9-17-8-3-4-11-19(17)18/h2-15H,1,16H2/b15-14+. The molecule has 0 aliphatic rings. The van der Waals surface area contributed by atoms with Crippen molar-refractivity contribution in [1.82, 2.24) is 9.55 Å². The molecule has 27 heavy (non-hydrogen) atoms. The van der Waals surface area contributed by atoms with E-state index in [9.17, 15) is 4.79 Å². The van der Waals surface area contributed by atoms with E-state index in [1.165, 1.54) is 11.8 Å². The van der Waals surface area contributed by atoms with Gasteiger partial charge in [-0.1, -0.05) is 72.4 Å². The molecule has 0 amide bonds. The Morgan fingerprint density at radius 1 is 1.04 bits per heavy atom.